The predicted molar refractivity (Wildman–Crippen MR) is 147 cm³/mol. The van der Waals surface area contributed by atoms with E-state index in [1.165, 1.54) is 11.3 Å². The number of anilines is 1. The second-order valence-corrected chi connectivity index (χ2v) is 10.9. The molecule has 0 bridgehead atoms. The number of pyridine rings is 3. The number of imidazole rings is 1. The Bertz CT molecular complexity index is 1720. The third kappa shape index (κ3) is 4.66. The van der Waals surface area contributed by atoms with E-state index in [9.17, 15) is 5.11 Å². The van der Waals surface area contributed by atoms with Crippen LogP contribution in [0.1, 0.15) is 20.3 Å². The largest absolute Gasteiger partial charge is 0.374 e. The lowest BCUT2D eigenvalue weighted by Gasteiger charge is -2.16. The highest BCUT2D eigenvalue weighted by Gasteiger charge is 2.18. The van der Waals surface area contributed by atoms with Crippen LogP contribution in [0.2, 0.25) is 4.34 Å². The van der Waals surface area contributed by atoms with Gasteiger partial charge >= 0.3 is 0 Å². The summed E-state index contributed by atoms with van der Waals surface area (Å²) < 4.78 is 0.717. The summed E-state index contributed by atoms with van der Waals surface area (Å²) in [5.74, 6) is 0.939. The fourth-order valence-electron chi connectivity index (χ4n) is 4.26. The number of hydrogen-bond donors (Lipinski definition) is 4. The molecule has 1 atom stereocenters. The highest BCUT2D eigenvalue weighted by molar-refractivity contribution is 7.19. The van der Waals surface area contributed by atoms with Crippen LogP contribution in [0.3, 0.4) is 0 Å². The molecule has 9 nitrogen and oxygen atoms in total. The van der Waals surface area contributed by atoms with Gasteiger partial charge in [-0.3, -0.25) is 10.1 Å². The van der Waals surface area contributed by atoms with Gasteiger partial charge in [0.05, 0.1) is 27.4 Å². The summed E-state index contributed by atoms with van der Waals surface area (Å²) >= 11 is 7.66. The summed E-state index contributed by atoms with van der Waals surface area (Å²) in [6, 6.07) is 11.6. The van der Waals surface area contributed by atoms with Crippen molar-refractivity contribution in [2.24, 2.45) is 5.92 Å². The highest BCUT2D eigenvalue weighted by Crippen LogP contribution is 2.35. The Kier molecular flexibility index (Phi) is 6.07. The van der Waals surface area contributed by atoms with Crippen molar-refractivity contribution >= 4 is 50.8 Å². The Morgan fingerprint density at radius 1 is 1.08 bits per heavy atom. The summed E-state index contributed by atoms with van der Waals surface area (Å²) in [4.78, 5) is 22.8. The number of aromatic amines is 2. The molecular weight excluding hydrogens is 508 g/mol. The molecule has 6 heterocycles. The number of fused-ring (bicyclic) bond motifs is 2. The van der Waals surface area contributed by atoms with Crippen molar-refractivity contribution in [2.45, 2.75) is 26.5 Å². The molecule has 6 rings (SSSR count). The van der Waals surface area contributed by atoms with E-state index in [2.05, 4.69) is 44.3 Å². The summed E-state index contributed by atoms with van der Waals surface area (Å²) in [5, 5.41) is 20.9. The summed E-state index contributed by atoms with van der Waals surface area (Å²) in [7, 11) is 0. The Morgan fingerprint density at radius 3 is 2.78 bits per heavy atom. The van der Waals surface area contributed by atoms with E-state index in [0.29, 0.717) is 39.4 Å². The molecule has 0 aromatic carbocycles. The van der Waals surface area contributed by atoms with Gasteiger partial charge in [-0.2, -0.15) is 5.10 Å². The molecule has 37 heavy (non-hydrogen) atoms. The van der Waals surface area contributed by atoms with Crippen molar-refractivity contribution in [2.75, 3.05) is 5.32 Å². The van der Waals surface area contributed by atoms with Gasteiger partial charge in [-0.1, -0.05) is 25.4 Å². The van der Waals surface area contributed by atoms with Crippen LogP contribution in [0.4, 0.5) is 5.69 Å². The van der Waals surface area contributed by atoms with Gasteiger partial charge in [0, 0.05) is 28.4 Å². The zero-order valence-corrected chi connectivity index (χ0v) is 21.6. The first-order chi connectivity index (χ1) is 17.9. The van der Waals surface area contributed by atoms with Crippen molar-refractivity contribution in [1.29, 1.82) is 0 Å². The van der Waals surface area contributed by atoms with Crippen LogP contribution < -0.4 is 5.32 Å². The van der Waals surface area contributed by atoms with E-state index in [4.69, 9.17) is 21.6 Å². The maximum absolute atomic E-state index is 10.3. The Morgan fingerprint density at radius 2 is 1.97 bits per heavy atom. The summed E-state index contributed by atoms with van der Waals surface area (Å²) in [6.07, 6.45) is 5.18. The van der Waals surface area contributed by atoms with Crippen molar-refractivity contribution in [1.82, 2.24) is 35.1 Å². The molecular formula is C26H23ClN8OS. The monoisotopic (exact) mass is 530 g/mol. The molecule has 186 valence electrons. The first-order valence-corrected chi connectivity index (χ1v) is 13.0. The summed E-state index contributed by atoms with van der Waals surface area (Å²) in [5.41, 5.74) is 6.69. The average Bonchev–Trinajstić information content (AvgIpc) is 3.60. The molecule has 0 spiro atoms. The van der Waals surface area contributed by atoms with Crippen molar-refractivity contribution in [3.63, 3.8) is 0 Å². The number of nitrogens with one attached hydrogen (secondary N) is 3. The maximum Gasteiger partial charge on any atom is 0.162 e. The van der Waals surface area contributed by atoms with Crippen LogP contribution >= 0.6 is 22.9 Å². The first-order valence-electron chi connectivity index (χ1n) is 11.8. The third-order valence-electron chi connectivity index (χ3n) is 5.92. The van der Waals surface area contributed by atoms with Gasteiger partial charge in [-0.05, 0) is 48.7 Å². The quantitative estimate of drug-likeness (QED) is 0.183. The number of aliphatic hydroxyl groups is 1. The molecule has 0 aliphatic heterocycles. The van der Waals surface area contributed by atoms with E-state index in [-0.39, 0.29) is 0 Å². The Balaban J connectivity index is 1.37. The van der Waals surface area contributed by atoms with Crippen LogP contribution in [-0.4, -0.2) is 46.5 Å². The minimum absolute atomic E-state index is 0.370. The van der Waals surface area contributed by atoms with Crippen molar-refractivity contribution < 1.29 is 5.11 Å². The van der Waals surface area contributed by atoms with Crippen LogP contribution in [0.5, 0.6) is 0 Å². The van der Waals surface area contributed by atoms with E-state index in [0.717, 1.165) is 38.4 Å². The molecule has 0 fully saturated rings. The molecule has 6 aromatic rings. The minimum Gasteiger partial charge on any atom is -0.374 e. The predicted octanol–water partition coefficient (Wildman–Crippen LogP) is 6.12. The second-order valence-electron chi connectivity index (χ2n) is 9.16. The van der Waals surface area contributed by atoms with Crippen LogP contribution in [0.15, 0.2) is 55.0 Å². The van der Waals surface area contributed by atoms with Crippen molar-refractivity contribution in [3.05, 3.63) is 59.3 Å². The first kappa shape index (κ1) is 23.5. The SMILES string of the molecule is CC(C)CC(O)Nc1cncc(-c2ccc3[nH]nc(-c4nc5c(-c6ccc(Cl)s6)ccnc5[nH]4)c3n2)c1. The zero-order chi connectivity index (χ0) is 25.5. The molecule has 1 unspecified atom stereocenters. The second kappa shape index (κ2) is 9.55. The molecule has 0 amide bonds. The van der Waals surface area contributed by atoms with E-state index in [1.54, 1.807) is 18.6 Å². The number of rotatable bonds is 7. The fourth-order valence-corrected chi connectivity index (χ4v) is 5.33. The fraction of sp³-hybridized carbons (Fsp3) is 0.192. The van der Waals surface area contributed by atoms with Gasteiger partial charge in [0.1, 0.15) is 17.3 Å². The molecule has 0 saturated carbocycles. The van der Waals surface area contributed by atoms with Crippen LogP contribution in [0, 0.1) is 5.92 Å². The topological polar surface area (TPSA) is 128 Å². The number of aliphatic hydroxyl groups excluding tert-OH is 1. The number of nitrogens with zero attached hydrogens (tertiary/aromatic N) is 5. The van der Waals surface area contributed by atoms with Gasteiger partial charge in [-0.25, -0.2) is 15.0 Å². The van der Waals surface area contributed by atoms with Gasteiger partial charge in [0.2, 0.25) is 0 Å². The smallest absolute Gasteiger partial charge is 0.162 e. The number of thiophene rings is 1. The van der Waals surface area contributed by atoms with E-state index >= 15 is 0 Å². The Hall–Kier alpha value is -3.86. The van der Waals surface area contributed by atoms with Gasteiger partial charge < -0.3 is 15.4 Å². The van der Waals surface area contributed by atoms with Gasteiger partial charge in [0.25, 0.3) is 0 Å². The Labute approximate surface area is 221 Å². The normalized spacial score (nSPS) is 12.6. The molecule has 0 aliphatic carbocycles. The minimum atomic E-state index is -0.648. The van der Waals surface area contributed by atoms with Gasteiger partial charge in [-0.15, -0.1) is 11.3 Å². The zero-order valence-electron chi connectivity index (χ0n) is 20.0. The molecule has 4 N–H and O–H groups in total. The van der Waals surface area contributed by atoms with E-state index < -0.39 is 6.23 Å². The van der Waals surface area contributed by atoms with E-state index in [1.807, 2.05) is 36.4 Å². The summed E-state index contributed by atoms with van der Waals surface area (Å²) in [6.45, 7) is 4.13. The standard InChI is InChI=1S/C26H23ClN8OS/c1-13(2)9-21(36)30-15-10-14(11-28-12-15)17-3-4-18-23(31-17)24(35-34-18)26-32-22-16(7-8-29-25(22)33-26)19-5-6-20(27)37-19/h3-8,10-13,21,30,36H,9H2,1-2H3,(H,34,35)(H,29,32,33). The lowest BCUT2D eigenvalue weighted by molar-refractivity contribution is 0.176. The average molecular weight is 531 g/mol. The van der Waals surface area contributed by atoms with Crippen molar-refractivity contribution in [3.8, 4) is 33.2 Å². The lowest BCUT2D eigenvalue weighted by atomic mass is 10.1. The molecule has 6 aromatic heterocycles. The lowest BCUT2D eigenvalue weighted by Crippen LogP contribution is -2.20. The number of halogens is 1. The molecule has 11 heteroatoms. The molecule has 0 radical (unpaired) electrons. The maximum atomic E-state index is 10.3. The van der Waals surface area contributed by atoms with Crippen LogP contribution in [0.25, 0.3) is 55.4 Å². The van der Waals surface area contributed by atoms with Crippen LogP contribution in [-0.2, 0) is 0 Å². The number of hydrogen-bond acceptors (Lipinski definition) is 8. The third-order valence-corrected chi connectivity index (χ3v) is 7.18. The molecule has 0 aliphatic rings. The highest BCUT2D eigenvalue weighted by atomic mass is 35.5. The van der Waals surface area contributed by atoms with Gasteiger partial charge in [0.15, 0.2) is 17.2 Å². The number of aromatic nitrogens is 7. The number of H-pyrrole nitrogens is 2. The molecule has 0 saturated heterocycles.